The largest absolute Gasteiger partial charge is 0.497 e. The summed E-state index contributed by atoms with van der Waals surface area (Å²) in [5.74, 6) is 0.614. The van der Waals surface area contributed by atoms with E-state index in [0.29, 0.717) is 29.9 Å². The van der Waals surface area contributed by atoms with Crippen molar-refractivity contribution in [1.29, 1.82) is 0 Å². The lowest BCUT2D eigenvalue weighted by Gasteiger charge is -2.10. The summed E-state index contributed by atoms with van der Waals surface area (Å²) in [6.45, 7) is 0. The molecule has 2 rings (SSSR count). The highest BCUT2D eigenvalue weighted by Gasteiger charge is 2.34. The van der Waals surface area contributed by atoms with Gasteiger partial charge in [0, 0.05) is 18.1 Å². The second kappa shape index (κ2) is 5.08. The van der Waals surface area contributed by atoms with Crippen LogP contribution in [0.1, 0.15) is 34.9 Å². The molecule has 1 aliphatic heterocycles. The number of carbonyl (C=O) groups is 2. The Bertz CT molecular complexity index is 481. The summed E-state index contributed by atoms with van der Waals surface area (Å²) in [6.07, 6.45) is 1.22. The average Bonchev–Trinajstić information content (AvgIpc) is 2.72. The van der Waals surface area contributed by atoms with Gasteiger partial charge in [-0.05, 0) is 12.5 Å². The molecule has 0 amide bonds. The maximum atomic E-state index is 11.8. The molecule has 1 aromatic carbocycles. The molecular formula is C13H14O5. The molecule has 96 valence electrons. The van der Waals surface area contributed by atoms with Gasteiger partial charge in [-0.2, -0.15) is 0 Å². The summed E-state index contributed by atoms with van der Waals surface area (Å²) < 4.78 is 15.6. The highest BCUT2D eigenvalue weighted by molar-refractivity contribution is 5.97. The van der Waals surface area contributed by atoms with E-state index in [9.17, 15) is 9.59 Å². The van der Waals surface area contributed by atoms with Gasteiger partial charge in [-0.25, -0.2) is 4.79 Å². The maximum absolute atomic E-state index is 11.8. The van der Waals surface area contributed by atoms with Crippen LogP contribution in [0.25, 0.3) is 0 Å². The molecule has 0 fully saturated rings. The van der Waals surface area contributed by atoms with Crippen LogP contribution in [0.15, 0.2) is 12.1 Å². The van der Waals surface area contributed by atoms with Crippen LogP contribution in [-0.2, 0) is 9.53 Å². The van der Waals surface area contributed by atoms with Crippen molar-refractivity contribution in [3.63, 3.8) is 0 Å². The zero-order valence-corrected chi connectivity index (χ0v) is 10.3. The number of hydrogen-bond acceptors (Lipinski definition) is 5. The molecule has 0 radical (unpaired) electrons. The van der Waals surface area contributed by atoms with E-state index < -0.39 is 12.1 Å². The molecule has 0 spiro atoms. The van der Waals surface area contributed by atoms with Gasteiger partial charge < -0.3 is 19.0 Å². The smallest absolute Gasteiger partial charge is 0.342 e. The number of benzene rings is 1. The summed E-state index contributed by atoms with van der Waals surface area (Å²) in [5.41, 5.74) is 1.15. The Morgan fingerprint density at radius 2 is 2.11 bits per heavy atom. The minimum absolute atomic E-state index is 0.344. The predicted octanol–water partition coefficient (Wildman–Crippen LogP) is 1.89. The lowest BCUT2D eigenvalue weighted by Crippen LogP contribution is -1.99. The Morgan fingerprint density at radius 1 is 1.33 bits per heavy atom. The van der Waals surface area contributed by atoms with Crippen LogP contribution >= 0.6 is 0 Å². The SMILES string of the molecule is COc1cc(OC)c2c(c1)C(CCC=O)OC2=O. The summed E-state index contributed by atoms with van der Waals surface area (Å²) >= 11 is 0. The van der Waals surface area contributed by atoms with E-state index in [2.05, 4.69) is 0 Å². The van der Waals surface area contributed by atoms with Gasteiger partial charge in [0.25, 0.3) is 0 Å². The van der Waals surface area contributed by atoms with E-state index >= 15 is 0 Å². The number of fused-ring (bicyclic) bond motifs is 1. The van der Waals surface area contributed by atoms with Gasteiger partial charge in [-0.1, -0.05) is 0 Å². The van der Waals surface area contributed by atoms with Crippen molar-refractivity contribution in [3.8, 4) is 11.5 Å². The third kappa shape index (κ3) is 2.03. The van der Waals surface area contributed by atoms with Crippen LogP contribution < -0.4 is 9.47 Å². The summed E-state index contributed by atoms with van der Waals surface area (Å²) in [7, 11) is 3.03. The molecule has 1 unspecified atom stereocenters. The lowest BCUT2D eigenvalue weighted by molar-refractivity contribution is -0.108. The minimum Gasteiger partial charge on any atom is -0.497 e. The van der Waals surface area contributed by atoms with Crippen LogP contribution in [0.5, 0.6) is 11.5 Å². The van der Waals surface area contributed by atoms with Crippen molar-refractivity contribution < 1.29 is 23.8 Å². The van der Waals surface area contributed by atoms with E-state index in [1.54, 1.807) is 19.2 Å². The van der Waals surface area contributed by atoms with Gasteiger partial charge in [-0.3, -0.25) is 0 Å². The summed E-state index contributed by atoms with van der Waals surface area (Å²) in [6, 6.07) is 3.39. The number of rotatable bonds is 5. The van der Waals surface area contributed by atoms with Crippen molar-refractivity contribution in [2.45, 2.75) is 18.9 Å². The molecule has 1 aromatic rings. The fraction of sp³-hybridized carbons (Fsp3) is 0.385. The summed E-state index contributed by atoms with van der Waals surface area (Å²) in [5, 5.41) is 0. The monoisotopic (exact) mass is 250 g/mol. The molecule has 0 saturated carbocycles. The van der Waals surface area contributed by atoms with Crippen molar-refractivity contribution in [1.82, 2.24) is 0 Å². The van der Waals surface area contributed by atoms with Crippen molar-refractivity contribution in [3.05, 3.63) is 23.3 Å². The Balaban J connectivity index is 2.44. The van der Waals surface area contributed by atoms with Crippen molar-refractivity contribution in [2.24, 2.45) is 0 Å². The molecule has 0 N–H and O–H groups in total. The first-order valence-electron chi connectivity index (χ1n) is 5.61. The Labute approximate surface area is 105 Å². The second-order valence-electron chi connectivity index (χ2n) is 3.93. The predicted molar refractivity (Wildman–Crippen MR) is 63.0 cm³/mol. The van der Waals surface area contributed by atoms with Gasteiger partial charge in [0.2, 0.25) is 0 Å². The fourth-order valence-corrected chi connectivity index (χ4v) is 2.05. The third-order valence-corrected chi connectivity index (χ3v) is 2.91. The molecule has 5 nitrogen and oxygen atoms in total. The quantitative estimate of drug-likeness (QED) is 0.590. The number of ether oxygens (including phenoxy) is 3. The van der Waals surface area contributed by atoms with Gasteiger partial charge in [0.15, 0.2) is 0 Å². The number of hydrogen-bond donors (Lipinski definition) is 0. The normalized spacial score (nSPS) is 17.0. The van der Waals surface area contributed by atoms with Crippen LogP contribution in [0.3, 0.4) is 0 Å². The maximum Gasteiger partial charge on any atom is 0.342 e. The van der Waals surface area contributed by atoms with Crippen LogP contribution in [0, 0.1) is 0 Å². The first-order chi connectivity index (χ1) is 8.71. The zero-order valence-electron chi connectivity index (χ0n) is 10.3. The van der Waals surface area contributed by atoms with E-state index in [0.717, 1.165) is 11.8 Å². The highest BCUT2D eigenvalue weighted by atomic mass is 16.6. The van der Waals surface area contributed by atoms with E-state index in [4.69, 9.17) is 14.2 Å². The minimum atomic E-state index is -0.416. The van der Waals surface area contributed by atoms with Gasteiger partial charge in [0.05, 0.1) is 14.2 Å². The van der Waals surface area contributed by atoms with Crippen LogP contribution in [-0.4, -0.2) is 26.5 Å². The topological polar surface area (TPSA) is 61.8 Å². The van der Waals surface area contributed by atoms with Gasteiger partial charge >= 0.3 is 5.97 Å². The number of cyclic esters (lactones) is 1. The van der Waals surface area contributed by atoms with Crippen molar-refractivity contribution in [2.75, 3.05) is 14.2 Å². The molecule has 0 bridgehead atoms. The van der Waals surface area contributed by atoms with E-state index in [1.807, 2.05) is 0 Å². The number of carbonyl (C=O) groups excluding carboxylic acids is 2. The first-order valence-corrected chi connectivity index (χ1v) is 5.61. The lowest BCUT2D eigenvalue weighted by atomic mass is 10.0. The molecule has 5 heteroatoms. The Hall–Kier alpha value is -2.04. The van der Waals surface area contributed by atoms with Crippen LogP contribution in [0.2, 0.25) is 0 Å². The molecular weight excluding hydrogens is 236 g/mol. The molecule has 1 atom stereocenters. The Kier molecular flexibility index (Phi) is 3.50. The first kappa shape index (κ1) is 12.4. The molecule has 18 heavy (non-hydrogen) atoms. The number of esters is 1. The molecule has 0 aromatic heterocycles. The highest BCUT2D eigenvalue weighted by Crippen LogP contribution is 2.41. The number of methoxy groups -OCH3 is 2. The standard InChI is InChI=1S/C13H14O5/c1-16-8-6-9-10(4-3-5-14)18-13(15)12(9)11(7-8)17-2/h5-7,10H,3-4H2,1-2H3. The Morgan fingerprint density at radius 3 is 2.72 bits per heavy atom. The van der Waals surface area contributed by atoms with E-state index in [1.165, 1.54) is 7.11 Å². The fourth-order valence-electron chi connectivity index (χ4n) is 2.05. The van der Waals surface area contributed by atoms with Crippen LogP contribution in [0.4, 0.5) is 0 Å². The third-order valence-electron chi connectivity index (χ3n) is 2.91. The molecule has 0 aliphatic carbocycles. The van der Waals surface area contributed by atoms with E-state index in [-0.39, 0.29) is 0 Å². The zero-order chi connectivity index (χ0) is 13.1. The van der Waals surface area contributed by atoms with Gasteiger partial charge in [0.1, 0.15) is 29.5 Å². The average molecular weight is 250 g/mol. The molecule has 0 saturated heterocycles. The molecule has 1 aliphatic rings. The second-order valence-corrected chi connectivity index (χ2v) is 3.93. The van der Waals surface area contributed by atoms with Gasteiger partial charge in [-0.15, -0.1) is 0 Å². The van der Waals surface area contributed by atoms with Crippen molar-refractivity contribution >= 4 is 12.3 Å². The molecule has 1 heterocycles. The summed E-state index contributed by atoms with van der Waals surface area (Å²) in [4.78, 5) is 22.2. The number of aldehydes is 1.